The average Bonchev–Trinajstić information content (AvgIpc) is 2.77. The largest absolute Gasteiger partial charge is 0.304 e. The van der Waals surface area contributed by atoms with Crippen molar-refractivity contribution in [2.45, 2.75) is 32.7 Å². The van der Waals surface area contributed by atoms with Crippen LogP contribution in [0.25, 0.3) is 0 Å². The Bertz CT molecular complexity index is 1220. The lowest BCUT2D eigenvalue weighted by atomic mass is 9.79. The number of rotatable bonds is 6. The standard InChI is InChI=1S/C28H28N2O2/c1-18-12-13-20(14-19(18)2)27(31)26-16-21(24-10-5-6-11-25(24)28(26)32)15-22-8-7-9-23(29-22)17-30(3)4/h5-14,16,21H,15,17H2,1-4H3. The normalized spacial score (nSPS) is 15.5. The Morgan fingerprint density at radius 2 is 1.69 bits per heavy atom. The molecular weight excluding hydrogens is 396 g/mol. The molecule has 0 saturated heterocycles. The number of nitrogens with zero attached hydrogens (tertiary/aromatic N) is 2. The van der Waals surface area contributed by atoms with Crippen molar-refractivity contribution >= 4 is 11.6 Å². The second-order valence-corrected chi connectivity index (χ2v) is 8.79. The second-order valence-electron chi connectivity index (χ2n) is 8.79. The summed E-state index contributed by atoms with van der Waals surface area (Å²) in [5.74, 6) is -0.502. The van der Waals surface area contributed by atoms with Crippen molar-refractivity contribution < 1.29 is 9.59 Å². The van der Waals surface area contributed by atoms with E-state index in [0.717, 1.165) is 34.6 Å². The van der Waals surface area contributed by atoms with E-state index >= 15 is 0 Å². The van der Waals surface area contributed by atoms with Crippen molar-refractivity contribution in [3.63, 3.8) is 0 Å². The zero-order chi connectivity index (χ0) is 22.8. The van der Waals surface area contributed by atoms with Gasteiger partial charge in [0.15, 0.2) is 11.6 Å². The van der Waals surface area contributed by atoms with Gasteiger partial charge >= 0.3 is 0 Å². The maximum absolute atomic E-state index is 13.3. The third kappa shape index (κ3) is 4.46. The van der Waals surface area contributed by atoms with Gasteiger partial charge < -0.3 is 4.90 Å². The molecule has 1 aliphatic rings. The van der Waals surface area contributed by atoms with E-state index in [9.17, 15) is 9.59 Å². The summed E-state index contributed by atoms with van der Waals surface area (Å²) in [7, 11) is 4.04. The number of allylic oxidation sites excluding steroid dienone is 2. The van der Waals surface area contributed by atoms with Crippen LogP contribution in [0.15, 0.2) is 72.3 Å². The molecule has 3 aromatic rings. The molecule has 4 rings (SSSR count). The lowest BCUT2D eigenvalue weighted by Gasteiger charge is -2.23. The third-order valence-electron chi connectivity index (χ3n) is 6.00. The molecule has 1 atom stereocenters. The predicted molar refractivity (Wildman–Crippen MR) is 127 cm³/mol. The predicted octanol–water partition coefficient (Wildman–Crippen LogP) is 5.09. The highest BCUT2D eigenvalue weighted by Gasteiger charge is 2.31. The number of pyridine rings is 1. The first kappa shape index (κ1) is 21.8. The lowest BCUT2D eigenvalue weighted by Crippen LogP contribution is -2.22. The highest BCUT2D eigenvalue weighted by Crippen LogP contribution is 2.34. The number of benzene rings is 2. The van der Waals surface area contributed by atoms with Crippen molar-refractivity contribution in [2.75, 3.05) is 14.1 Å². The fourth-order valence-corrected chi connectivity index (χ4v) is 4.21. The number of Topliss-reactive ketones (excluding diaryl/α,β-unsaturated/α-hetero) is 2. The van der Waals surface area contributed by atoms with Gasteiger partial charge in [-0.2, -0.15) is 0 Å². The summed E-state index contributed by atoms with van der Waals surface area (Å²) in [6.45, 7) is 4.76. The minimum Gasteiger partial charge on any atom is -0.304 e. The van der Waals surface area contributed by atoms with E-state index in [1.807, 2.05) is 88.6 Å². The Hall–Kier alpha value is -3.37. The van der Waals surface area contributed by atoms with Gasteiger partial charge in [-0.1, -0.05) is 48.5 Å². The fourth-order valence-electron chi connectivity index (χ4n) is 4.21. The molecule has 0 spiro atoms. The molecule has 1 unspecified atom stereocenters. The summed E-state index contributed by atoms with van der Waals surface area (Å²) in [5, 5.41) is 0. The van der Waals surface area contributed by atoms with Crippen molar-refractivity contribution in [1.29, 1.82) is 0 Å². The van der Waals surface area contributed by atoms with E-state index < -0.39 is 0 Å². The summed E-state index contributed by atoms with van der Waals surface area (Å²) in [6, 6.07) is 19.3. The molecule has 0 radical (unpaired) electrons. The second kappa shape index (κ2) is 9.01. The van der Waals surface area contributed by atoms with Crippen molar-refractivity contribution in [2.24, 2.45) is 0 Å². The Morgan fingerprint density at radius 1 is 0.938 bits per heavy atom. The zero-order valence-electron chi connectivity index (χ0n) is 19.1. The van der Waals surface area contributed by atoms with E-state index in [1.54, 1.807) is 6.07 Å². The minimum absolute atomic E-state index is 0.0866. The maximum atomic E-state index is 13.3. The number of fused-ring (bicyclic) bond motifs is 1. The molecule has 1 aliphatic carbocycles. The molecule has 162 valence electrons. The Morgan fingerprint density at radius 3 is 2.44 bits per heavy atom. The van der Waals surface area contributed by atoms with Crippen LogP contribution in [-0.2, 0) is 13.0 Å². The van der Waals surface area contributed by atoms with Crippen LogP contribution in [-0.4, -0.2) is 35.5 Å². The molecule has 1 heterocycles. The van der Waals surface area contributed by atoms with Gasteiger partial charge in [0.25, 0.3) is 0 Å². The molecule has 0 bridgehead atoms. The van der Waals surface area contributed by atoms with Crippen LogP contribution in [0, 0.1) is 13.8 Å². The molecule has 2 aromatic carbocycles. The average molecular weight is 425 g/mol. The molecule has 0 aliphatic heterocycles. The highest BCUT2D eigenvalue weighted by molar-refractivity contribution is 6.32. The summed E-state index contributed by atoms with van der Waals surface area (Å²) < 4.78 is 0. The van der Waals surface area contributed by atoms with Crippen molar-refractivity contribution in [3.05, 3.63) is 112 Å². The molecule has 4 nitrogen and oxygen atoms in total. The molecule has 0 fully saturated rings. The molecule has 32 heavy (non-hydrogen) atoms. The van der Waals surface area contributed by atoms with E-state index in [4.69, 9.17) is 4.98 Å². The van der Waals surface area contributed by atoms with Gasteiger partial charge in [0.05, 0.1) is 11.3 Å². The van der Waals surface area contributed by atoms with E-state index in [2.05, 4.69) is 4.90 Å². The molecular formula is C28H28N2O2. The van der Waals surface area contributed by atoms with Gasteiger partial charge in [-0.25, -0.2) is 0 Å². The van der Waals surface area contributed by atoms with Crippen LogP contribution in [0.1, 0.15) is 54.7 Å². The number of hydrogen-bond donors (Lipinski definition) is 0. The van der Waals surface area contributed by atoms with Crippen molar-refractivity contribution in [1.82, 2.24) is 9.88 Å². The molecule has 0 amide bonds. The highest BCUT2D eigenvalue weighted by atomic mass is 16.1. The third-order valence-corrected chi connectivity index (χ3v) is 6.00. The van der Waals surface area contributed by atoms with E-state index in [-0.39, 0.29) is 23.1 Å². The SMILES string of the molecule is Cc1ccc(C(=O)C2=CC(Cc3cccc(CN(C)C)n3)c3ccccc3C2=O)cc1C. The first-order chi connectivity index (χ1) is 15.3. The summed E-state index contributed by atoms with van der Waals surface area (Å²) in [4.78, 5) is 33.5. The minimum atomic E-state index is -0.216. The number of carbonyl (C=O) groups is 2. The van der Waals surface area contributed by atoms with Gasteiger partial charge in [-0.15, -0.1) is 0 Å². The smallest absolute Gasteiger partial charge is 0.196 e. The summed E-state index contributed by atoms with van der Waals surface area (Å²) in [6.07, 6.45) is 2.48. The van der Waals surface area contributed by atoms with Crippen LogP contribution < -0.4 is 0 Å². The monoisotopic (exact) mass is 424 g/mol. The number of aryl methyl sites for hydroxylation is 2. The topological polar surface area (TPSA) is 50.3 Å². The van der Waals surface area contributed by atoms with Crippen molar-refractivity contribution in [3.8, 4) is 0 Å². The lowest BCUT2D eigenvalue weighted by molar-refractivity contribution is 0.0958. The van der Waals surface area contributed by atoms with Crippen LogP contribution in [0.2, 0.25) is 0 Å². The summed E-state index contributed by atoms with van der Waals surface area (Å²) in [5.41, 5.74) is 6.48. The van der Waals surface area contributed by atoms with E-state index in [1.165, 1.54) is 0 Å². The van der Waals surface area contributed by atoms with Crippen LogP contribution in [0.5, 0.6) is 0 Å². The van der Waals surface area contributed by atoms with Crippen LogP contribution in [0.3, 0.4) is 0 Å². The Kier molecular flexibility index (Phi) is 6.15. The molecule has 0 N–H and O–H groups in total. The number of carbonyl (C=O) groups excluding carboxylic acids is 2. The van der Waals surface area contributed by atoms with Gasteiger partial charge in [-0.3, -0.25) is 14.6 Å². The number of hydrogen-bond acceptors (Lipinski definition) is 4. The van der Waals surface area contributed by atoms with Gasteiger partial charge in [0.2, 0.25) is 0 Å². The van der Waals surface area contributed by atoms with E-state index in [0.29, 0.717) is 17.5 Å². The zero-order valence-corrected chi connectivity index (χ0v) is 19.1. The van der Waals surface area contributed by atoms with Gasteiger partial charge in [0.1, 0.15) is 0 Å². The first-order valence-electron chi connectivity index (χ1n) is 10.9. The number of aromatic nitrogens is 1. The number of ketones is 2. The summed E-state index contributed by atoms with van der Waals surface area (Å²) >= 11 is 0. The fraction of sp³-hybridized carbons (Fsp3) is 0.250. The van der Waals surface area contributed by atoms with Gasteiger partial charge in [-0.05, 0) is 62.8 Å². The van der Waals surface area contributed by atoms with Crippen LogP contribution in [0.4, 0.5) is 0 Å². The molecule has 4 heteroatoms. The molecule has 1 aromatic heterocycles. The Balaban J connectivity index is 1.72. The van der Waals surface area contributed by atoms with Gasteiger partial charge in [0, 0.05) is 35.7 Å². The van der Waals surface area contributed by atoms with Crippen LogP contribution >= 0.6 is 0 Å². The quantitative estimate of drug-likeness (QED) is 0.408. The first-order valence-corrected chi connectivity index (χ1v) is 10.9. The molecule has 0 saturated carbocycles. The maximum Gasteiger partial charge on any atom is 0.196 e. The Labute approximate surface area is 189 Å².